The highest BCUT2D eigenvalue weighted by molar-refractivity contribution is 5.94. The van der Waals surface area contributed by atoms with Crippen LogP contribution in [0.5, 0.6) is 0 Å². The van der Waals surface area contributed by atoms with Gasteiger partial charge in [-0.15, -0.1) is 0 Å². The van der Waals surface area contributed by atoms with E-state index in [2.05, 4.69) is 12.2 Å². The van der Waals surface area contributed by atoms with E-state index in [0.717, 1.165) is 23.6 Å². The van der Waals surface area contributed by atoms with Gasteiger partial charge in [-0.3, -0.25) is 4.79 Å². The smallest absolute Gasteiger partial charge is 0.159 e. The van der Waals surface area contributed by atoms with Crippen LogP contribution >= 0.6 is 0 Å². The Bertz CT molecular complexity index is 449. The van der Waals surface area contributed by atoms with Crippen molar-refractivity contribution >= 4 is 5.78 Å². The lowest BCUT2D eigenvalue weighted by Gasteiger charge is -2.27. The first-order chi connectivity index (χ1) is 10.1. The third-order valence-corrected chi connectivity index (χ3v) is 4.55. The van der Waals surface area contributed by atoms with Crippen LogP contribution in [0.2, 0.25) is 0 Å². The molecule has 3 nitrogen and oxygen atoms in total. The van der Waals surface area contributed by atoms with Gasteiger partial charge in [0.05, 0.1) is 6.17 Å². The number of nitrogens with two attached hydrogens (primary N) is 1. The summed E-state index contributed by atoms with van der Waals surface area (Å²) in [6, 6.07) is 7.61. The van der Waals surface area contributed by atoms with E-state index in [1.165, 1.54) is 32.1 Å². The molecule has 0 spiro atoms. The summed E-state index contributed by atoms with van der Waals surface area (Å²) in [5.74, 6) is 0.841. The van der Waals surface area contributed by atoms with Crippen LogP contribution in [-0.2, 0) is 0 Å². The summed E-state index contributed by atoms with van der Waals surface area (Å²) in [7, 11) is 0. The van der Waals surface area contributed by atoms with Crippen molar-refractivity contribution in [2.75, 3.05) is 6.54 Å². The Labute approximate surface area is 128 Å². The number of Topliss-reactive ketones (excluding diaryl/α,β-unsaturated/α-hetero) is 1. The van der Waals surface area contributed by atoms with E-state index in [4.69, 9.17) is 5.73 Å². The Morgan fingerprint density at radius 1 is 1.29 bits per heavy atom. The van der Waals surface area contributed by atoms with Gasteiger partial charge in [-0.05, 0) is 44.7 Å². The van der Waals surface area contributed by atoms with Crippen molar-refractivity contribution < 1.29 is 4.79 Å². The molecule has 21 heavy (non-hydrogen) atoms. The Morgan fingerprint density at radius 3 is 2.48 bits per heavy atom. The van der Waals surface area contributed by atoms with Crippen LogP contribution in [0, 0.1) is 12.8 Å². The van der Waals surface area contributed by atoms with Crippen LogP contribution in [0.3, 0.4) is 0 Å². The summed E-state index contributed by atoms with van der Waals surface area (Å²) in [5, 5.41) is 3.44. The molecule has 0 bridgehead atoms. The molecular weight excluding hydrogens is 260 g/mol. The monoisotopic (exact) mass is 287 g/mol. The molecule has 1 aliphatic rings. The molecule has 1 fully saturated rings. The minimum Gasteiger partial charge on any atom is -0.315 e. The normalized spacial score (nSPS) is 19.2. The molecule has 3 N–H and O–H groups in total. The standard InChI is InChI=1S/C18H27N2O/c1-13(16-8-10-17(11-9-16)14(2)21)18(19)20-12-15-6-4-3-5-7-15/h8-11,13,15,18,20H,1,3-7,12,19H2,2H3. The van der Waals surface area contributed by atoms with E-state index in [-0.39, 0.29) is 17.9 Å². The van der Waals surface area contributed by atoms with Crippen molar-refractivity contribution in [1.29, 1.82) is 0 Å². The molecule has 2 atom stereocenters. The molecule has 3 heteroatoms. The highest BCUT2D eigenvalue weighted by Gasteiger charge is 2.18. The van der Waals surface area contributed by atoms with Gasteiger partial charge < -0.3 is 11.1 Å². The molecular formula is C18H27N2O. The zero-order chi connectivity index (χ0) is 15.2. The van der Waals surface area contributed by atoms with Crippen LogP contribution in [-0.4, -0.2) is 18.5 Å². The van der Waals surface area contributed by atoms with Gasteiger partial charge in [0.15, 0.2) is 5.78 Å². The molecule has 0 aliphatic heterocycles. The first kappa shape index (κ1) is 16.2. The largest absolute Gasteiger partial charge is 0.315 e. The third kappa shape index (κ3) is 4.65. The summed E-state index contributed by atoms with van der Waals surface area (Å²) in [5.41, 5.74) is 8.03. The Kier molecular flexibility index (Phi) is 5.95. The molecule has 115 valence electrons. The molecule has 1 saturated carbocycles. The molecule has 1 aromatic carbocycles. The number of rotatable bonds is 6. The van der Waals surface area contributed by atoms with Gasteiger partial charge in [0.1, 0.15) is 0 Å². The zero-order valence-electron chi connectivity index (χ0n) is 13.0. The number of nitrogens with one attached hydrogen (secondary N) is 1. The highest BCUT2D eigenvalue weighted by atomic mass is 16.1. The molecule has 1 aromatic rings. The van der Waals surface area contributed by atoms with E-state index < -0.39 is 0 Å². The average Bonchev–Trinajstić information content (AvgIpc) is 2.53. The molecule has 0 amide bonds. The Morgan fingerprint density at radius 2 is 1.90 bits per heavy atom. The van der Waals surface area contributed by atoms with Gasteiger partial charge in [0.25, 0.3) is 0 Å². The minimum absolute atomic E-state index is 0.00500. The highest BCUT2D eigenvalue weighted by Crippen LogP contribution is 2.23. The van der Waals surface area contributed by atoms with E-state index in [9.17, 15) is 4.79 Å². The third-order valence-electron chi connectivity index (χ3n) is 4.55. The maximum atomic E-state index is 11.3. The van der Waals surface area contributed by atoms with Gasteiger partial charge in [-0.25, -0.2) is 0 Å². The number of carbonyl (C=O) groups excluding carboxylic acids is 1. The summed E-state index contributed by atoms with van der Waals surface area (Å²) in [6.45, 7) is 6.74. The van der Waals surface area contributed by atoms with Crippen LogP contribution in [0.4, 0.5) is 0 Å². The SMILES string of the molecule is [CH2]C(c1ccc(C(C)=O)cc1)C(N)NCC1CCCCC1. The number of hydrogen-bond acceptors (Lipinski definition) is 3. The van der Waals surface area contributed by atoms with Crippen molar-refractivity contribution in [3.8, 4) is 0 Å². The molecule has 2 rings (SSSR count). The molecule has 2 unspecified atom stereocenters. The predicted molar refractivity (Wildman–Crippen MR) is 87.1 cm³/mol. The van der Waals surface area contributed by atoms with E-state index in [0.29, 0.717) is 0 Å². The summed E-state index contributed by atoms with van der Waals surface area (Å²) in [6.07, 6.45) is 6.56. The second-order valence-electron chi connectivity index (χ2n) is 6.22. The van der Waals surface area contributed by atoms with Gasteiger partial charge in [-0.1, -0.05) is 43.5 Å². The van der Waals surface area contributed by atoms with Crippen molar-refractivity contribution in [3.63, 3.8) is 0 Å². The number of benzene rings is 1. The molecule has 1 aliphatic carbocycles. The molecule has 1 radical (unpaired) electrons. The zero-order valence-corrected chi connectivity index (χ0v) is 13.0. The molecule has 0 heterocycles. The fourth-order valence-electron chi connectivity index (χ4n) is 3.01. The van der Waals surface area contributed by atoms with Crippen molar-refractivity contribution in [2.45, 2.75) is 51.1 Å². The second kappa shape index (κ2) is 7.71. The number of hydrogen-bond donors (Lipinski definition) is 2. The van der Waals surface area contributed by atoms with Crippen LogP contribution in [0.25, 0.3) is 0 Å². The van der Waals surface area contributed by atoms with E-state index >= 15 is 0 Å². The van der Waals surface area contributed by atoms with Crippen molar-refractivity contribution in [3.05, 3.63) is 42.3 Å². The second-order valence-corrected chi connectivity index (χ2v) is 6.22. The van der Waals surface area contributed by atoms with Gasteiger partial charge in [0, 0.05) is 11.5 Å². The lowest BCUT2D eigenvalue weighted by molar-refractivity contribution is 0.101. The first-order valence-electron chi connectivity index (χ1n) is 8.01. The first-order valence-corrected chi connectivity index (χ1v) is 8.01. The lowest BCUT2D eigenvalue weighted by Crippen LogP contribution is -2.44. The number of carbonyl (C=O) groups is 1. The van der Waals surface area contributed by atoms with Crippen LogP contribution < -0.4 is 11.1 Å². The fourth-order valence-corrected chi connectivity index (χ4v) is 3.01. The van der Waals surface area contributed by atoms with E-state index in [1.54, 1.807) is 6.92 Å². The van der Waals surface area contributed by atoms with Crippen LogP contribution in [0.1, 0.15) is 60.9 Å². The summed E-state index contributed by atoms with van der Waals surface area (Å²) >= 11 is 0. The lowest BCUT2D eigenvalue weighted by atomic mass is 9.89. The Balaban J connectivity index is 1.85. The van der Waals surface area contributed by atoms with Crippen LogP contribution in [0.15, 0.2) is 24.3 Å². The molecule has 0 saturated heterocycles. The molecule has 0 aromatic heterocycles. The number of ketones is 1. The van der Waals surface area contributed by atoms with Gasteiger partial charge >= 0.3 is 0 Å². The average molecular weight is 287 g/mol. The van der Waals surface area contributed by atoms with Crippen molar-refractivity contribution in [1.82, 2.24) is 5.32 Å². The van der Waals surface area contributed by atoms with Gasteiger partial charge in [-0.2, -0.15) is 0 Å². The van der Waals surface area contributed by atoms with E-state index in [1.807, 2.05) is 24.3 Å². The quantitative estimate of drug-likeness (QED) is 0.623. The minimum atomic E-state index is -0.143. The topological polar surface area (TPSA) is 55.1 Å². The van der Waals surface area contributed by atoms with Crippen molar-refractivity contribution in [2.24, 2.45) is 11.7 Å². The summed E-state index contributed by atoms with van der Waals surface area (Å²) in [4.78, 5) is 11.3. The maximum absolute atomic E-state index is 11.3. The van der Waals surface area contributed by atoms with Gasteiger partial charge in [0.2, 0.25) is 0 Å². The fraction of sp³-hybridized carbons (Fsp3) is 0.556. The maximum Gasteiger partial charge on any atom is 0.159 e. The Hall–Kier alpha value is -1.19. The summed E-state index contributed by atoms with van der Waals surface area (Å²) < 4.78 is 0. The predicted octanol–water partition coefficient (Wildman–Crippen LogP) is 3.26.